The molecule has 0 fully saturated rings. The Hall–Kier alpha value is -1.95. The molecule has 0 radical (unpaired) electrons. The molecule has 2 aromatic carbocycles. The molecule has 6 heteroatoms. The highest BCUT2D eigenvalue weighted by Gasteiger charge is 2.20. The van der Waals surface area contributed by atoms with Crippen molar-refractivity contribution in [3.63, 3.8) is 0 Å². The summed E-state index contributed by atoms with van der Waals surface area (Å²) in [5, 5.41) is 2.61. The van der Waals surface area contributed by atoms with Crippen molar-refractivity contribution in [2.75, 3.05) is 7.05 Å². The minimum Gasteiger partial charge on any atom is -0.309 e. The van der Waals surface area contributed by atoms with Gasteiger partial charge in [-0.1, -0.05) is 0 Å². The summed E-state index contributed by atoms with van der Waals surface area (Å²) in [6, 6.07) is 2.70. The average molecular weight is 287 g/mol. The molecule has 1 unspecified atom stereocenters. The Morgan fingerprint density at radius 2 is 1.30 bits per heavy atom. The second-order valence-electron chi connectivity index (χ2n) is 4.21. The molecule has 2 rings (SSSR count). The van der Waals surface area contributed by atoms with Gasteiger partial charge in [-0.3, -0.25) is 0 Å². The van der Waals surface area contributed by atoms with Crippen LogP contribution in [0.2, 0.25) is 0 Å². The van der Waals surface area contributed by atoms with Gasteiger partial charge in [-0.25, -0.2) is 22.0 Å². The Balaban J connectivity index is 2.55. The summed E-state index contributed by atoms with van der Waals surface area (Å²) in [6.07, 6.45) is 0. The van der Waals surface area contributed by atoms with Crippen LogP contribution in [0.1, 0.15) is 17.2 Å². The largest absolute Gasteiger partial charge is 0.309 e. The molecule has 1 atom stereocenters. The average Bonchev–Trinajstić information content (AvgIpc) is 2.35. The van der Waals surface area contributed by atoms with Crippen LogP contribution in [0, 0.1) is 29.1 Å². The van der Waals surface area contributed by atoms with Crippen LogP contribution in [-0.4, -0.2) is 7.05 Å². The predicted octanol–water partition coefficient (Wildman–Crippen LogP) is 3.69. The lowest BCUT2D eigenvalue weighted by Crippen LogP contribution is -2.20. The molecule has 2 aromatic rings. The van der Waals surface area contributed by atoms with Crippen LogP contribution in [0.3, 0.4) is 0 Å². The zero-order valence-electron chi connectivity index (χ0n) is 10.4. The number of nitrogens with one attached hydrogen (secondary N) is 1. The van der Waals surface area contributed by atoms with Crippen molar-refractivity contribution >= 4 is 0 Å². The van der Waals surface area contributed by atoms with Crippen molar-refractivity contribution in [1.29, 1.82) is 0 Å². The Morgan fingerprint density at radius 3 is 1.85 bits per heavy atom. The van der Waals surface area contributed by atoms with Crippen molar-refractivity contribution in [3.8, 4) is 0 Å². The van der Waals surface area contributed by atoms with Gasteiger partial charge in [0.05, 0.1) is 6.04 Å². The van der Waals surface area contributed by atoms with Gasteiger partial charge < -0.3 is 5.32 Å². The van der Waals surface area contributed by atoms with Gasteiger partial charge in [0.15, 0.2) is 11.6 Å². The lowest BCUT2D eigenvalue weighted by atomic mass is 9.98. The molecule has 0 spiro atoms. The summed E-state index contributed by atoms with van der Waals surface area (Å²) >= 11 is 0. The molecule has 0 aliphatic carbocycles. The van der Waals surface area contributed by atoms with Crippen molar-refractivity contribution < 1.29 is 22.0 Å². The first-order valence-electron chi connectivity index (χ1n) is 5.70. The van der Waals surface area contributed by atoms with E-state index >= 15 is 0 Å². The standard InChI is InChI=1S/C14H10F5N/c1-20-14(7-2-8(15)4-9(16)3-7)10-5-12(18)13(19)6-11(10)17/h2-6,14,20H,1H3. The molecule has 0 aromatic heterocycles. The highest BCUT2D eigenvalue weighted by Crippen LogP contribution is 2.27. The first-order chi connectivity index (χ1) is 9.42. The maximum atomic E-state index is 13.7. The van der Waals surface area contributed by atoms with E-state index in [1.54, 1.807) is 0 Å². The van der Waals surface area contributed by atoms with E-state index in [0.29, 0.717) is 18.2 Å². The summed E-state index contributed by atoms with van der Waals surface area (Å²) < 4.78 is 66.2. The van der Waals surface area contributed by atoms with E-state index in [0.717, 1.165) is 12.1 Å². The van der Waals surface area contributed by atoms with Gasteiger partial charge in [-0.2, -0.15) is 0 Å². The number of halogens is 5. The molecule has 0 heterocycles. The van der Waals surface area contributed by atoms with E-state index in [4.69, 9.17) is 0 Å². The summed E-state index contributed by atoms with van der Waals surface area (Å²) in [5.41, 5.74) is -0.175. The zero-order valence-corrected chi connectivity index (χ0v) is 10.4. The van der Waals surface area contributed by atoms with Crippen LogP contribution in [0.5, 0.6) is 0 Å². The maximum absolute atomic E-state index is 13.7. The molecule has 1 N–H and O–H groups in total. The third kappa shape index (κ3) is 2.80. The molecule has 0 amide bonds. The molecular formula is C14H10F5N. The van der Waals surface area contributed by atoms with Gasteiger partial charge in [0.1, 0.15) is 17.5 Å². The lowest BCUT2D eigenvalue weighted by molar-refractivity contribution is 0.483. The summed E-state index contributed by atoms with van der Waals surface area (Å²) in [7, 11) is 1.41. The van der Waals surface area contributed by atoms with Crippen molar-refractivity contribution in [2.24, 2.45) is 0 Å². The molecule has 1 nitrogen and oxygen atoms in total. The van der Waals surface area contributed by atoms with Gasteiger partial charge in [0.25, 0.3) is 0 Å². The highest BCUT2D eigenvalue weighted by atomic mass is 19.2. The smallest absolute Gasteiger partial charge is 0.161 e. The molecule has 0 aliphatic heterocycles. The van der Waals surface area contributed by atoms with Crippen LogP contribution < -0.4 is 5.32 Å². The van der Waals surface area contributed by atoms with E-state index < -0.39 is 35.1 Å². The van der Waals surface area contributed by atoms with E-state index in [1.807, 2.05) is 0 Å². The number of benzene rings is 2. The Kier molecular flexibility index (Phi) is 4.04. The number of rotatable bonds is 3. The fourth-order valence-electron chi connectivity index (χ4n) is 2.00. The molecule has 0 aliphatic rings. The maximum Gasteiger partial charge on any atom is 0.161 e. The molecular weight excluding hydrogens is 277 g/mol. The van der Waals surface area contributed by atoms with Gasteiger partial charge >= 0.3 is 0 Å². The van der Waals surface area contributed by atoms with Gasteiger partial charge in [-0.15, -0.1) is 0 Å². The molecule has 0 saturated heterocycles. The fraction of sp³-hybridized carbons (Fsp3) is 0.143. The number of hydrogen-bond donors (Lipinski definition) is 1. The molecule has 0 bridgehead atoms. The number of hydrogen-bond acceptors (Lipinski definition) is 1. The normalized spacial score (nSPS) is 12.5. The zero-order chi connectivity index (χ0) is 14.9. The van der Waals surface area contributed by atoms with Crippen LogP contribution in [0.25, 0.3) is 0 Å². The molecule has 0 saturated carbocycles. The van der Waals surface area contributed by atoms with E-state index in [1.165, 1.54) is 7.05 Å². The van der Waals surface area contributed by atoms with Gasteiger partial charge in [0, 0.05) is 17.7 Å². The van der Waals surface area contributed by atoms with Crippen LogP contribution in [-0.2, 0) is 0 Å². The van der Waals surface area contributed by atoms with Crippen molar-refractivity contribution in [3.05, 3.63) is 70.5 Å². The second kappa shape index (κ2) is 5.58. The van der Waals surface area contributed by atoms with E-state index in [-0.39, 0.29) is 11.1 Å². The fourth-order valence-corrected chi connectivity index (χ4v) is 2.00. The first-order valence-corrected chi connectivity index (χ1v) is 5.70. The van der Waals surface area contributed by atoms with Gasteiger partial charge in [-0.05, 0) is 30.8 Å². The summed E-state index contributed by atoms with van der Waals surface area (Å²) in [4.78, 5) is 0. The lowest BCUT2D eigenvalue weighted by Gasteiger charge is -2.18. The third-order valence-corrected chi connectivity index (χ3v) is 2.86. The van der Waals surface area contributed by atoms with E-state index in [2.05, 4.69) is 5.32 Å². The highest BCUT2D eigenvalue weighted by molar-refractivity contribution is 5.34. The monoisotopic (exact) mass is 287 g/mol. The molecule has 20 heavy (non-hydrogen) atoms. The van der Waals surface area contributed by atoms with E-state index in [9.17, 15) is 22.0 Å². The molecule has 106 valence electrons. The van der Waals surface area contributed by atoms with Gasteiger partial charge in [0.2, 0.25) is 0 Å². The predicted molar refractivity (Wildman–Crippen MR) is 63.6 cm³/mol. The Morgan fingerprint density at radius 1 is 0.750 bits per heavy atom. The summed E-state index contributed by atoms with van der Waals surface area (Å²) in [6.45, 7) is 0. The topological polar surface area (TPSA) is 12.0 Å². The first kappa shape index (κ1) is 14.5. The quantitative estimate of drug-likeness (QED) is 0.670. The Bertz CT molecular complexity index is 621. The third-order valence-electron chi connectivity index (χ3n) is 2.86. The van der Waals surface area contributed by atoms with Crippen molar-refractivity contribution in [1.82, 2.24) is 5.32 Å². The Labute approximate surface area is 112 Å². The SMILES string of the molecule is CNC(c1cc(F)cc(F)c1)c1cc(F)c(F)cc1F. The van der Waals surface area contributed by atoms with Crippen molar-refractivity contribution in [2.45, 2.75) is 6.04 Å². The van der Waals surface area contributed by atoms with Crippen LogP contribution >= 0.6 is 0 Å². The second-order valence-corrected chi connectivity index (χ2v) is 4.21. The van der Waals surface area contributed by atoms with Crippen LogP contribution in [0.15, 0.2) is 30.3 Å². The summed E-state index contributed by atoms with van der Waals surface area (Å²) in [5.74, 6) is -5.26. The van der Waals surface area contributed by atoms with Crippen LogP contribution in [0.4, 0.5) is 22.0 Å². The minimum absolute atomic E-state index is 0.0647. The minimum atomic E-state index is -1.33.